The second-order valence-electron chi connectivity index (χ2n) is 5.82. The molecule has 20 heavy (non-hydrogen) atoms. The molecule has 2 aliphatic heterocycles. The molecule has 2 aliphatic rings. The highest BCUT2D eigenvalue weighted by molar-refractivity contribution is 9.10. The van der Waals surface area contributed by atoms with Gasteiger partial charge in [-0.15, -0.1) is 0 Å². The normalized spacial score (nSPS) is 32.1. The van der Waals surface area contributed by atoms with Crippen molar-refractivity contribution in [2.45, 2.75) is 50.0 Å². The molecule has 2 heterocycles. The van der Waals surface area contributed by atoms with Crippen LogP contribution in [0.2, 0.25) is 0 Å². The van der Waals surface area contributed by atoms with E-state index in [9.17, 15) is 0 Å². The minimum Gasteiger partial charge on any atom is -0.486 e. The zero-order chi connectivity index (χ0) is 14.2. The Labute approximate surface area is 134 Å². The topological polar surface area (TPSA) is 21.3 Å². The summed E-state index contributed by atoms with van der Waals surface area (Å²) in [6.45, 7) is 5.60. The van der Waals surface area contributed by atoms with Crippen LogP contribution in [0.5, 0.6) is 5.75 Å². The number of hydrogen-bond donors (Lipinski definition) is 1. The smallest absolute Gasteiger partial charge is 0.125 e. The molecule has 0 aliphatic carbocycles. The molecule has 0 aromatic heterocycles. The largest absolute Gasteiger partial charge is 0.486 e. The summed E-state index contributed by atoms with van der Waals surface area (Å²) in [6.07, 6.45) is 3.42. The lowest BCUT2D eigenvalue weighted by atomic mass is 9.83. The van der Waals surface area contributed by atoms with Crippen molar-refractivity contribution in [1.29, 1.82) is 0 Å². The lowest BCUT2D eigenvalue weighted by Crippen LogP contribution is -2.48. The molecule has 1 aromatic carbocycles. The van der Waals surface area contributed by atoms with Crippen LogP contribution >= 0.6 is 27.7 Å². The van der Waals surface area contributed by atoms with Gasteiger partial charge in [-0.3, -0.25) is 0 Å². The maximum atomic E-state index is 6.48. The molecule has 2 nitrogen and oxygen atoms in total. The minimum absolute atomic E-state index is 0.0247. The first kappa shape index (κ1) is 14.7. The first-order chi connectivity index (χ1) is 9.64. The number of benzene rings is 1. The van der Waals surface area contributed by atoms with Crippen molar-refractivity contribution in [1.82, 2.24) is 5.32 Å². The highest BCUT2D eigenvalue weighted by atomic mass is 79.9. The van der Waals surface area contributed by atoms with Crippen LogP contribution in [0, 0.1) is 0 Å². The van der Waals surface area contributed by atoms with Crippen molar-refractivity contribution >= 4 is 27.7 Å². The van der Waals surface area contributed by atoms with E-state index < -0.39 is 0 Å². The first-order valence-corrected chi connectivity index (χ1v) is 9.32. The Morgan fingerprint density at radius 3 is 3.05 bits per heavy atom. The van der Waals surface area contributed by atoms with Gasteiger partial charge in [-0.1, -0.05) is 22.9 Å². The van der Waals surface area contributed by atoms with Gasteiger partial charge in [0.25, 0.3) is 0 Å². The standard InChI is InChI=1S/C16H22BrNOS/c1-3-7-18-14-10-16(6-8-20-11(16)2)19-15-5-4-12(17)9-13(14)15/h4-5,9,11,14,18H,3,6-8,10H2,1-2H3. The predicted molar refractivity (Wildman–Crippen MR) is 89.7 cm³/mol. The summed E-state index contributed by atoms with van der Waals surface area (Å²) in [5.41, 5.74) is 1.33. The van der Waals surface area contributed by atoms with Gasteiger partial charge in [0.15, 0.2) is 0 Å². The average molecular weight is 356 g/mol. The molecule has 4 heteroatoms. The van der Waals surface area contributed by atoms with Crippen LogP contribution in [-0.2, 0) is 0 Å². The minimum atomic E-state index is 0.0247. The van der Waals surface area contributed by atoms with Gasteiger partial charge in [-0.2, -0.15) is 11.8 Å². The molecular weight excluding hydrogens is 334 g/mol. The van der Waals surface area contributed by atoms with Gasteiger partial charge in [0.2, 0.25) is 0 Å². The fraction of sp³-hybridized carbons (Fsp3) is 0.625. The zero-order valence-electron chi connectivity index (χ0n) is 12.1. The Morgan fingerprint density at radius 1 is 1.50 bits per heavy atom. The van der Waals surface area contributed by atoms with Crippen molar-refractivity contribution in [2.24, 2.45) is 0 Å². The number of fused-ring (bicyclic) bond motifs is 1. The molecule has 0 radical (unpaired) electrons. The van der Waals surface area contributed by atoms with Crippen molar-refractivity contribution in [3.05, 3.63) is 28.2 Å². The molecule has 3 atom stereocenters. The van der Waals surface area contributed by atoms with E-state index in [4.69, 9.17) is 4.74 Å². The van der Waals surface area contributed by atoms with Crippen molar-refractivity contribution < 1.29 is 4.74 Å². The maximum Gasteiger partial charge on any atom is 0.125 e. The number of nitrogens with one attached hydrogen (secondary N) is 1. The van der Waals surface area contributed by atoms with Crippen LogP contribution < -0.4 is 10.1 Å². The summed E-state index contributed by atoms with van der Waals surface area (Å²) in [7, 11) is 0. The number of hydrogen-bond acceptors (Lipinski definition) is 3. The molecule has 3 unspecified atom stereocenters. The Bertz CT molecular complexity index is 495. The molecule has 0 saturated carbocycles. The second kappa shape index (κ2) is 5.90. The van der Waals surface area contributed by atoms with E-state index in [1.165, 1.54) is 17.7 Å². The monoisotopic (exact) mass is 355 g/mol. The van der Waals surface area contributed by atoms with E-state index in [-0.39, 0.29) is 5.60 Å². The molecule has 1 saturated heterocycles. The van der Waals surface area contributed by atoms with E-state index in [0.717, 1.165) is 29.6 Å². The highest BCUT2D eigenvalue weighted by Gasteiger charge is 2.48. The van der Waals surface area contributed by atoms with Crippen LogP contribution in [0.1, 0.15) is 44.7 Å². The van der Waals surface area contributed by atoms with Gasteiger partial charge in [-0.05, 0) is 50.3 Å². The molecule has 1 spiro atoms. The third-order valence-electron chi connectivity index (χ3n) is 4.48. The summed E-state index contributed by atoms with van der Waals surface area (Å²) < 4.78 is 7.61. The third kappa shape index (κ3) is 2.62. The third-order valence-corrected chi connectivity index (χ3v) is 6.35. The van der Waals surface area contributed by atoms with Crippen LogP contribution in [0.15, 0.2) is 22.7 Å². The van der Waals surface area contributed by atoms with E-state index in [1.54, 1.807) is 0 Å². The van der Waals surface area contributed by atoms with E-state index in [1.807, 2.05) is 11.8 Å². The van der Waals surface area contributed by atoms with Crippen LogP contribution in [-0.4, -0.2) is 23.1 Å². The van der Waals surface area contributed by atoms with Crippen molar-refractivity contribution in [3.63, 3.8) is 0 Å². The van der Waals surface area contributed by atoms with E-state index >= 15 is 0 Å². The quantitative estimate of drug-likeness (QED) is 0.859. The molecule has 110 valence electrons. The van der Waals surface area contributed by atoms with Crippen LogP contribution in [0.25, 0.3) is 0 Å². The lowest BCUT2D eigenvalue weighted by molar-refractivity contribution is 0.0353. The molecule has 1 fully saturated rings. The summed E-state index contributed by atoms with van der Waals surface area (Å²) in [5, 5.41) is 4.29. The average Bonchev–Trinajstić information content (AvgIpc) is 2.78. The molecule has 0 amide bonds. The Kier molecular flexibility index (Phi) is 4.34. The number of halogens is 1. The van der Waals surface area contributed by atoms with E-state index in [0.29, 0.717) is 11.3 Å². The van der Waals surface area contributed by atoms with Gasteiger partial charge in [0.1, 0.15) is 11.4 Å². The molecular formula is C16H22BrNOS. The number of rotatable bonds is 3. The molecule has 0 bridgehead atoms. The second-order valence-corrected chi connectivity index (χ2v) is 8.19. The highest BCUT2D eigenvalue weighted by Crippen LogP contribution is 2.49. The van der Waals surface area contributed by atoms with Gasteiger partial charge in [0.05, 0.1) is 0 Å². The molecule has 1 N–H and O–H groups in total. The maximum absolute atomic E-state index is 6.48. The fourth-order valence-electron chi connectivity index (χ4n) is 3.27. The summed E-state index contributed by atoms with van der Waals surface area (Å²) >= 11 is 5.63. The van der Waals surface area contributed by atoms with Crippen molar-refractivity contribution in [3.8, 4) is 5.75 Å². The van der Waals surface area contributed by atoms with Gasteiger partial charge in [0, 0.05) is 27.7 Å². The fourth-order valence-corrected chi connectivity index (χ4v) is 5.03. The number of thioether (sulfide) groups is 1. The van der Waals surface area contributed by atoms with Crippen molar-refractivity contribution in [2.75, 3.05) is 12.3 Å². The molecule has 1 aromatic rings. The summed E-state index contributed by atoms with van der Waals surface area (Å²) in [5.74, 6) is 2.29. The Balaban J connectivity index is 1.94. The Hall–Kier alpha value is -0.190. The molecule has 3 rings (SSSR count). The lowest BCUT2D eigenvalue weighted by Gasteiger charge is -2.42. The first-order valence-electron chi connectivity index (χ1n) is 7.48. The predicted octanol–water partition coefficient (Wildman–Crippen LogP) is 4.54. The van der Waals surface area contributed by atoms with Gasteiger partial charge in [-0.25, -0.2) is 0 Å². The van der Waals surface area contributed by atoms with E-state index in [2.05, 4.69) is 53.3 Å². The zero-order valence-corrected chi connectivity index (χ0v) is 14.5. The van der Waals surface area contributed by atoms with Gasteiger partial charge >= 0.3 is 0 Å². The van der Waals surface area contributed by atoms with Gasteiger partial charge < -0.3 is 10.1 Å². The summed E-state index contributed by atoms with van der Waals surface area (Å²) in [6, 6.07) is 6.83. The van der Waals surface area contributed by atoms with Crippen LogP contribution in [0.3, 0.4) is 0 Å². The number of ether oxygens (including phenoxy) is 1. The summed E-state index contributed by atoms with van der Waals surface area (Å²) in [4.78, 5) is 0. The van der Waals surface area contributed by atoms with Crippen LogP contribution in [0.4, 0.5) is 0 Å². The Morgan fingerprint density at radius 2 is 2.35 bits per heavy atom. The SMILES string of the molecule is CCCNC1CC2(CCSC2C)Oc2ccc(Br)cc21.